The second-order valence-electron chi connectivity index (χ2n) is 8.71. The van der Waals surface area contributed by atoms with E-state index in [4.69, 9.17) is 9.47 Å². The molecule has 0 unspecified atom stereocenters. The van der Waals surface area contributed by atoms with Crippen molar-refractivity contribution in [2.24, 2.45) is 0 Å². The summed E-state index contributed by atoms with van der Waals surface area (Å²) in [6.45, 7) is 4.22. The Kier molecular flexibility index (Phi) is 5.35. The normalized spacial score (nSPS) is 15.5. The molecule has 2 aliphatic heterocycles. The highest BCUT2D eigenvalue weighted by molar-refractivity contribution is 6.11. The van der Waals surface area contributed by atoms with Gasteiger partial charge in [0.15, 0.2) is 17.2 Å². The first-order valence-corrected chi connectivity index (χ1v) is 11.6. The van der Waals surface area contributed by atoms with Crippen LogP contribution >= 0.6 is 0 Å². The van der Waals surface area contributed by atoms with Crippen molar-refractivity contribution in [2.45, 2.75) is 19.4 Å². The Labute approximate surface area is 196 Å². The summed E-state index contributed by atoms with van der Waals surface area (Å²) in [6.07, 6.45) is 6.33. The molecule has 2 aromatic heterocycles. The molecule has 34 heavy (non-hydrogen) atoms. The van der Waals surface area contributed by atoms with Crippen molar-refractivity contribution in [3.05, 3.63) is 66.1 Å². The molecule has 0 spiro atoms. The molecule has 4 aromatic rings. The molecule has 2 aromatic carbocycles. The third kappa shape index (κ3) is 4.08. The van der Waals surface area contributed by atoms with Gasteiger partial charge >= 0.3 is 0 Å². The van der Waals surface area contributed by atoms with E-state index >= 15 is 0 Å². The van der Waals surface area contributed by atoms with Crippen molar-refractivity contribution in [1.82, 2.24) is 20.1 Å². The van der Waals surface area contributed by atoms with E-state index in [1.807, 2.05) is 30.6 Å². The lowest BCUT2D eigenvalue weighted by atomic mass is 10.0. The fourth-order valence-electron chi connectivity index (χ4n) is 4.61. The zero-order chi connectivity index (χ0) is 22.9. The number of carbonyl (C=O) groups excluding carboxylic acids is 1. The Morgan fingerprint density at radius 2 is 1.82 bits per heavy atom. The van der Waals surface area contributed by atoms with Gasteiger partial charge in [-0.25, -0.2) is 0 Å². The zero-order valence-electron chi connectivity index (χ0n) is 18.7. The molecule has 1 amide bonds. The van der Waals surface area contributed by atoms with Gasteiger partial charge in [0.2, 0.25) is 0 Å². The Balaban J connectivity index is 1.26. The van der Waals surface area contributed by atoms with Gasteiger partial charge < -0.3 is 14.8 Å². The van der Waals surface area contributed by atoms with Crippen LogP contribution in [0.25, 0.3) is 22.0 Å². The van der Waals surface area contributed by atoms with Crippen molar-refractivity contribution in [2.75, 3.05) is 31.6 Å². The number of carbonyl (C=O) groups is 1. The number of nitrogens with one attached hydrogen (secondary N) is 2. The Morgan fingerprint density at radius 1 is 0.971 bits per heavy atom. The van der Waals surface area contributed by atoms with E-state index in [0.29, 0.717) is 36.1 Å². The molecule has 0 aliphatic carbocycles. The number of benzene rings is 2. The average Bonchev–Trinajstić information content (AvgIpc) is 3.53. The molecule has 0 saturated carbocycles. The minimum absolute atomic E-state index is 0.291. The van der Waals surface area contributed by atoms with E-state index in [9.17, 15) is 4.79 Å². The second-order valence-corrected chi connectivity index (χ2v) is 8.71. The highest BCUT2D eigenvalue weighted by Gasteiger charge is 2.18. The van der Waals surface area contributed by atoms with Gasteiger partial charge in [-0.05, 0) is 67.4 Å². The minimum Gasteiger partial charge on any atom is -0.486 e. The highest BCUT2D eigenvalue weighted by Crippen LogP contribution is 2.33. The highest BCUT2D eigenvalue weighted by atomic mass is 16.6. The minimum atomic E-state index is -0.291. The number of anilines is 1. The summed E-state index contributed by atoms with van der Waals surface area (Å²) in [4.78, 5) is 20.0. The molecule has 8 heteroatoms. The number of hydrogen-bond acceptors (Lipinski definition) is 6. The van der Waals surface area contributed by atoms with Gasteiger partial charge in [-0.3, -0.25) is 19.8 Å². The Bertz CT molecular complexity index is 1360. The fourth-order valence-corrected chi connectivity index (χ4v) is 4.61. The van der Waals surface area contributed by atoms with Gasteiger partial charge in [-0.1, -0.05) is 6.07 Å². The number of amides is 1. The topological polar surface area (TPSA) is 92.4 Å². The largest absolute Gasteiger partial charge is 0.486 e. The number of aromatic amines is 1. The van der Waals surface area contributed by atoms with Crippen molar-refractivity contribution in [3.8, 4) is 22.6 Å². The van der Waals surface area contributed by atoms with E-state index in [1.54, 1.807) is 18.2 Å². The van der Waals surface area contributed by atoms with E-state index in [-0.39, 0.29) is 5.91 Å². The third-order valence-corrected chi connectivity index (χ3v) is 6.31. The molecule has 4 heterocycles. The van der Waals surface area contributed by atoms with Crippen LogP contribution in [0.2, 0.25) is 0 Å². The number of likely N-dealkylation sites (tertiary alicyclic amines) is 1. The van der Waals surface area contributed by atoms with E-state index in [1.165, 1.54) is 18.4 Å². The number of fused-ring (bicyclic) bond motifs is 2. The molecule has 2 aliphatic rings. The van der Waals surface area contributed by atoms with Crippen LogP contribution in [0.3, 0.4) is 0 Å². The second kappa shape index (κ2) is 8.79. The summed E-state index contributed by atoms with van der Waals surface area (Å²) in [7, 11) is 0. The van der Waals surface area contributed by atoms with E-state index in [0.717, 1.165) is 41.7 Å². The molecule has 0 bridgehead atoms. The molecule has 0 atom stereocenters. The smallest absolute Gasteiger partial charge is 0.276 e. The Morgan fingerprint density at radius 3 is 2.71 bits per heavy atom. The van der Waals surface area contributed by atoms with Gasteiger partial charge in [0.05, 0.1) is 5.52 Å². The van der Waals surface area contributed by atoms with Crippen molar-refractivity contribution < 1.29 is 14.3 Å². The van der Waals surface area contributed by atoms with Crippen LogP contribution in [0.4, 0.5) is 5.69 Å². The van der Waals surface area contributed by atoms with Gasteiger partial charge in [-0.2, -0.15) is 5.10 Å². The predicted molar refractivity (Wildman–Crippen MR) is 129 cm³/mol. The van der Waals surface area contributed by atoms with Gasteiger partial charge in [0.1, 0.15) is 13.2 Å². The van der Waals surface area contributed by atoms with Crippen molar-refractivity contribution in [1.29, 1.82) is 0 Å². The number of nitrogens with zero attached hydrogens (tertiary/aromatic N) is 3. The quantitative estimate of drug-likeness (QED) is 0.468. The number of aromatic nitrogens is 3. The summed E-state index contributed by atoms with van der Waals surface area (Å²) >= 11 is 0. The molecular formula is C26H25N5O3. The van der Waals surface area contributed by atoms with Crippen molar-refractivity contribution >= 4 is 22.5 Å². The van der Waals surface area contributed by atoms with Crippen LogP contribution in [-0.2, 0) is 6.54 Å². The molecule has 8 nitrogen and oxygen atoms in total. The van der Waals surface area contributed by atoms with Gasteiger partial charge in [-0.15, -0.1) is 0 Å². The number of H-pyrrole nitrogens is 1. The standard InChI is InChI=1S/C26H25N5O3/c32-26(28-20-4-6-23-24(13-20)34-10-9-33-23)25-21-12-18(3-5-22(21)29-30-25)19-11-17(14-27-15-19)16-31-7-1-2-8-31/h3-6,11-15H,1-2,7-10,16H2,(H,28,32)(H,29,30). The number of pyridine rings is 1. The lowest BCUT2D eigenvalue weighted by Gasteiger charge is -2.18. The lowest BCUT2D eigenvalue weighted by molar-refractivity contribution is 0.102. The summed E-state index contributed by atoms with van der Waals surface area (Å²) in [6, 6.07) is 13.5. The maximum atomic E-state index is 13.1. The maximum absolute atomic E-state index is 13.1. The summed E-state index contributed by atoms with van der Waals surface area (Å²) < 4.78 is 11.2. The number of rotatable bonds is 5. The number of hydrogen-bond donors (Lipinski definition) is 2. The molecule has 6 rings (SSSR count). The molecule has 172 valence electrons. The summed E-state index contributed by atoms with van der Waals surface area (Å²) in [5, 5.41) is 10.9. The predicted octanol–water partition coefficient (Wildman–Crippen LogP) is 4.24. The molecular weight excluding hydrogens is 430 g/mol. The third-order valence-electron chi connectivity index (χ3n) is 6.31. The summed E-state index contributed by atoms with van der Waals surface area (Å²) in [5.41, 5.74) is 4.99. The monoisotopic (exact) mass is 455 g/mol. The fraction of sp³-hybridized carbons (Fsp3) is 0.269. The van der Waals surface area contributed by atoms with Gasteiger partial charge in [0.25, 0.3) is 5.91 Å². The maximum Gasteiger partial charge on any atom is 0.276 e. The van der Waals surface area contributed by atoms with E-state index in [2.05, 4.69) is 31.5 Å². The SMILES string of the molecule is O=C(Nc1ccc2c(c1)OCCO2)c1n[nH]c2ccc(-c3cncc(CN4CCCC4)c3)cc12. The number of ether oxygens (including phenoxy) is 2. The van der Waals surface area contributed by atoms with Crippen LogP contribution in [0, 0.1) is 0 Å². The Hall–Kier alpha value is -3.91. The van der Waals surface area contributed by atoms with Crippen LogP contribution in [0.5, 0.6) is 11.5 Å². The molecule has 1 fully saturated rings. The molecule has 1 saturated heterocycles. The molecule has 2 N–H and O–H groups in total. The van der Waals surface area contributed by atoms with Crippen molar-refractivity contribution in [3.63, 3.8) is 0 Å². The van der Waals surface area contributed by atoms with Crippen LogP contribution in [-0.4, -0.2) is 52.3 Å². The molecule has 0 radical (unpaired) electrons. The first-order chi connectivity index (χ1) is 16.7. The average molecular weight is 456 g/mol. The van der Waals surface area contributed by atoms with Crippen LogP contribution < -0.4 is 14.8 Å². The summed E-state index contributed by atoms with van der Waals surface area (Å²) in [5.74, 6) is 1.01. The zero-order valence-corrected chi connectivity index (χ0v) is 18.7. The van der Waals surface area contributed by atoms with E-state index < -0.39 is 0 Å². The first kappa shape index (κ1) is 20.7. The van der Waals surface area contributed by atoms with Gasteiger partial charge in [0, 0.05) is 41.6 Å². The van der Waals surface area contributed by atoms with Crippen LogP contribution in [0.15, 0.2) is 54.9 Å². The van der Waals surface area contributed by atoms with Crippen LogP contribution in [0.1, 0.15) is 28.9 Å². The first-order valence-electron chi connectivity index (χ1n) is 11.6. The lowest BCUT2D eigenvalue weighted by Crippen LogP contribution is -2.18.